The Morgan fingerprint density at radius 2 is 1.62 bits per heavy atom. The molecule has 0 saturated carbocycles. The van der Waals surface area contributed by atoms with Gasteiger partial charge >= 0.3 is 0 Å². The van der Waals surface area contributed by atoms with Crippen LogP contribution in [-0.2, 0) is 40.5 Å². The van der Waals surface area contributed by atoms with Crippen LogP contribution in [0.15, 0.2) is 72.8 Å². The first-order valence-corrected chi connectivity index (χ1v) is 13.1. The first kappa shape index (κ1) is 27.3. The Kier molecular flexibility index (Phi) is 10.1. The van der Waals surface area contributed by atoms with Crippen molar-refractivity contribution in [1.29, 1.82) is 0 Å². The molecule has 0 radical (unpaired) electrons. The van der Waals surface area contributed by atoms with Gasteiger partial charge in [-0.05, 0) is 53.8 Å². The summed E-state index contributed by atoms with van der Waals surface area (Å²) in [6.07, 6.45) is 1.17. The van der Waals surface area contributed by atoms with Crippen LogP contribution in [0.25, 0.3) is 0 Å². The highest BCUT2D eigenvalue weighted by atomic mass is 16.7. The highest BCUT2D eigenvalue weighted by Crippen LogP contribution is 2.32. The molecule has 0 unspecified atom stereocenters. The lowest BCUT2D eigenvalue weighted by Gasteiger charge is -2.33. The van der Waals surface area contributed by atoms with E-state index in [1.165, 1.54) is 16.7 Å². The summed E-state index contributed by atoms with van der Waals surface area (Å²) in [5.41, 5.74) is 5.44. The molecule has 1 atom stereocenters. The van der Waals surface area contributed by atoms with Gasteiger partial charge in [-0.2, -0.15) is 0 Å². The van der Waals surface area contributed by atoms with Gasteiger partial charge in [0.05, 0.1) is 25.9 Å². The molecule has 0 saturated heterocycles. The fourth-order valence-corrected chi connectivity index (χ4v) is 4.25. The van der Waals surface area contributed by atoms with Gasteiger partial charge < -0.3 is 29.4 Å². The fraction of sp³-hybridized carbons (Fsp3) is 0.419. The summed E-state index contributed by atoms with van der Waals surface area (Å²) in [6, 6.07) is 24.5. The lowest BCUT2D eigenvalue weighted by Crippen LogP contribution is -2.35. The number of fused-ring (bicyclic) bond motifs is 1. The highest BCUT2D eigenvalue weighted by molar-refractivity contribution is 5.39. The third-order valence-corrected chi connectivity index (χ3v) is 6.28. The third kappa shape index (κ3) is 8.95. The van der Waals surface area contributed by atoms with Gasteiger partial charge in [-0.3, -0.25) is 0 Å². The van der Waals surface area contributed by atoms with Gasteiger partial charge in [0.1, 0.15) is 5.75 Å². The van der Waals surface area contributed by atoms with E-state index >= 15 is 0 Å². The Morgan fingerprint density at radius 3 is 2.43 bits per heavy atom. The predicted octanol–water partition coefficient (Wildman–Crippen LogP) is 5.32. The fourth-order valence-electron chi connectivity index (χ4n) is 4.25. The Balaban J connectivity index is 1.10. The van der Waals surface area contributed by atoms with Crippen LogP contribution in [0.5, 0.6) is 5.75 Å². The van der Waals surface area contributed by atoms with Crippen molar-refractivity contribution in [2.45, 2.75) is 58.4 Å². The quantitative estimate of drug-likeness (QED) is 0.289. The van der Waals surface area contributed by atoms with E-state index in [4.69, 9.17) is 18.9 Å². The summed E-state index contributed by atoms with van der Waals surface area (Å²) in [6.45, 7) is 8.16. The van der Waals surface area contributed by atoms with Crippen LogP contribution < -0.4 is 10.1 Å². The van der Waals surface area contributed by atoms with E-state index in [0.717, 1.165) is 36.3 Å². The topological polar surface area (TPSA) is 69.2 Å². The van der Waals surface area contributed by atoms with E-state index in [2.05, 4.69) is 41.7 Å². The molecular weight excluding hydrogens is 466 g/mol. The van der Waals surface area contributed by atoms with Gasteiger partial charge in [0.25, 0.3) is 0 Å². The molecule has 0 bridgehead atoms. The normalized spacial score (nSPS) is 15.1. The zero-order chi connectivity index (χ0) is 25.9. The van der Waals surface area contributed by atoms with Crippen molar-refractivity contribution in [2.24, 2.45) is 0 Å². The van der Waals surface area contributed by atoms with Crippen molar-refractivity contribution in [1.82, 2.24) is 5.32 Å². The minimum atomic E-state index is -0.615. The van der Waals surface area contributed by atoms with E-state index in [1.807, 2.05) is 50.2 Å². The maximum Gasteiger partial charge on any atom is 0.205 e. The molecule has 0 amide bonds. The first-order valence-electron chi connectivity index (χ1n) is 13.1. The molecule has 0 aliphatic carbocycles. The van der Waals surface area contributed by atoms with E-state index in [0.29, 0.717) is 39.6 Å². The van der Waals surface area contributed by atoms with Gasteiger partial charge in [0.2, 0.25) is 5.79 Å². The maximum absolute atomic E-state index is 10.6. The third-order valence-electron chi connectivity index (χ3n) is 6.28. The summed E-state index contributed by atoms with van der Waals surface area (Å²) in [5.74, 6) is 0.204. The van der Waals surface area contributed by atoms with Crippen LogP contribution in [0.1, 0.15) is 54.2 Å². The lowest BCUT2D eigenvalue weighted by atomic mass is 10.0. The van der Waals surface area contributed by atoms with E-state index in [-0.39, 0.29) is 0 Å². The Morgan fingerprint density at radius 1 is 0.892 bits per heavy atom. The maximum atomic E-state index is 10.6. The lowest BCUT2D eigenvalue weighted by molar-refractivity contribution is -0.180. The zero-order valence-electron chi connectivity index (χ0n) is 21.9. The van der Waals surface area contributed by atoms with E-state index < -0.39 is 11.9 Å². The molecule has 6 nitrogen and oxygen atoms in total. The van der Waals surface area contributed by atoms with Crippen molar-refractivity contribution in [2.75, 3.05) is 26.3 Å². The molecule has 1 aliphatic heterocycles. The van der Waals surface area contributed by atoms with Crippen molar-refractivity contribution in [3.8, 4) is 5.75 Å². The number of hydrogen-bond donors (Lipinski definition) is 2. The van der Waals surface area contributed by atoms with Crippen molar-refractivity contribution < 1.29 is 24.1 Å². The highest BCUT2D eigenvalue weighted by Gasteiger charge is 2.27. The molecule has 2 N–H and O–H groups in total. The Labute approximate surface area is 220 Å². The van der Waals surface area contributed by atoms with Crippen molar-refractivity contribution in [3.05, 3.63) is 101 Å². The molecule has 4 rings (SSSR count). The molecule has 37 heavy (non-hydrogen) atoms. The van der Waals surface area contributed by atoms with E-state index in [1.54, 1.807) is 0 Å². The molecule has 0 fully saturated rings. The van der Waals surface area contributed by atoms with Gasteiger partial charge in [-0.15, -0.1) is 0 Å². The number of aliphatic hydroxyl groups is 1. The summed E-state index contributed by atoms with van der Waals surface area (Å²) in [4.78, 5) is 0. The molecule has 0 spiro atoms. The van der Waals surface area contributed by atoms with Gasteiger partial charge in [0.15, 0.2) is 0 Å². The van der Waals surface area contributed by atoms with Gasteiger partial charge in [-0.1, -0.05) is 60.7 Å². The largest absolute Gasteiger partial charge is 0.463 e. The molecular formula is C31H39NO5. The van der Waals surface area contributed by atoms with Crippen LogP contribution in [-0.4, -0.2) is 37.2 Å². The first-order chi connectivity index (χ1) is 18.0. The standard InChI is InChI=1S/C31H39NO5/c1-31(2)36-23-28-19-27(12-13-30(28)37-31)29(33)20-32-15-14-24-10-6-11-26(18-24)22-35-17-7-16-34-21-25-8-4-3-5-9-25/h3-6,8-13,18-19,29,32-33H,7,14-17,20-23H2,1-2H3/t29-/m0/s1. The number of rotatable bonds is 14. The molecule has 198 valence electrons. The number of ether oxygens (including phenoxy) is 4. The second kappa shape index (κ2) is 13.7. The van der Waals surface area contributed by atoms with E-state index in [9.17, 15) is 5.11 Å². The van der Waals surface area contributed by atoms with Gasteiger partial charge in [0, 0.05) is 39.2 Å². The second-order valence-corrected chi connectivity index (χ2v) is 9.89. The summed E-state index contributed by atoms with van der Waals surface area (Å²) < 4.78 is 23.1. The number of aliphatic hydroxyl groups excluding tert-OH is 1. The summed E-state index contributed by atoms with van der Waals surface area (Å²) in [5, 5.41) is 14.0. The van der Waals surface area contributed by atoms with Crippen LogP contribution >= 0.6 is 0 Å². The summed E-state index contributed by atoms with van der Waals surface area (Å²) in [7, 11) is 0. The van der Waals surface area contributed by atoms with Crippen LogP contribution in [0.4, 0.5) is 0 Å². The van der Waals surface area contributed by atoms with Crippen molar-refractivity contribution in [3.63, 3.8) is 0 Å². The van der Waals surface area contributed by atoms with Crippen LogP contribution in [0, 0.1) is 0 Å². The SMILES string of the molecule is CC1(C)OCc2cc([C@@H](O)CNCCc3cccc(COCCCOCc4ccccc4)c3)ccc2O1. The number of nitrogens with one attached hydrogen (secondary N) is 1. The molecule has 3 aromatic carbocycles. The Bertz CT molecular complexity index is 1100. The van der Waals surface area contributed by atoms with Crippen LogP contribution in [0.3, 0.4) is 0 Å². The average Bonchev–Trinajstić information content (AvgIpc) is 2.90. The van der Waals surface area contributed by atoms with Crippen LogP contribution in [0.2, 0.25) is 0 Å². The average molecular weight is 506 g/mol. The second-order valence-electron chi connectivity index (χ2n) is 9.89. The number of hydrogen-bond acceptors (Lipinski definition) is 6. The zero-order valence-corrected chi connectivity index (χ0v) is 21.9. The smallest absolute Gasteiger partial charge is 0.205 e. The molecule has 3 aromatic rings. The minimum absolute atomic E-state index is 0.485. The van der Waals surface area contributed by atoms with Crippen molar-refractivity contribution >= 4 is 0 Å². The predicted molar refractivity (Wildman–Crippen MR) is 144 cm³/mol. The number of benzene rings is 3. The van der Waals surface area contributed by atoms with Gasteiger partial charge in [-0.25, -0.2) is 0 Å². The summed E-state index contributed by atoms with van der Waals surface area (Å²) >= 11 is 0. The molecule has 1 heterocycles. The molecule has 1 aliphatic rings. The molecule has 6 heteroatoms. The Hall–Kier alpha value is -2.74. The minimum Gasteiger partial charge on any atom is -0.463 e. The molecule has 0 aromatic heterocycles. The monoisotopic (exact) mass is 505 g/mol.